The predicted octanol–water partition coefficient (Wildman–Crippen LogP) is 12.0. The van der Waals surface area contributed by atoms with Gasteiger partial charge in [-0.05, 0) is 106 Å². The van der Waals surface area contributed by atoms with Crippen LogP contribution in [0.3, 0.4) is 0 Å². The zero-order valence-electron chi connectivity index (χ0n) is 29.8. The Morgan fingerprint density at radius 3 is 1.42 bits per heavy atom. The van der Waals surface area contributed by atoms with Crippen LogP contribution in [-0.4, -0.2) is 29.1 Å². The Bertz CT molecular complexity index is 2620. The Morgan fingerprint density at radius 1 is 0.473 bits per heavy atom. The molecule has 0 saturated carbocycles. The van der Waals surface area contributed by atoms with Gasteiger partial charge in [0.1, 0.15) is 10.0 Å². The van der Waals surface area contributed by atoms with Crippen LogP contribution in [0, 0.1) is 0 Å². The highest BCUT2D eigenvalue weighted by atomic mass is 32.1. The molecule has 10 rings (SSSR count). The Balaban J connectivity index is 0.814. The van der Waals surface area contributed by atoms with E-state index in [-0.39, 0.29) is 0 Å². The molecule has 0 atom stereocenters. The van der Waals surface area contributed by atoms with Crippen molar-refractivity contribution in [1.29, 1.82) is 0 Å². The van der Waals surface area contributed by atoms with E-state index < -0.39 is 0 Å². The van der Waals surface area contributed by atoms with Gasteiger partial charge < -0.3 is 9.80 Å². The molecule has 8 aromatic rings. The molecule has 2 aromatic heterocycles. The number of fused-ring (bicyclic) bond motifs is 8. The highest BCUT2D eigenvalue weighted by Gasteiger charge is 2.29. The van der Waals surface area contributed by atoms with Crippen molar-refractivity contribution in [2.75, 3.05) is 16.5 Å². The van der Waals surface area contributed by atoms with E-state index >= 15 is 0 Å². The number of rotatable bonds is 8. The lowest BCUT2D eigenvalue weighted by Gasteiger charge is -2.45. The summed E-state index contributed by atoms with van der Waals surface area (Å²) in [6, 6.07) is 46.5. The molecule has 0 aliphatic carbocycles. The summed E-state index contributed by atoms with van der Waals surface area (Å²) in [6.45, 7) is 2.60. The first-order valence-corrected chi connectivity index (χ1v) is 19.9. The zero-order chi connectivity index (χ0) is 36.6. The summed E-state index contributed by atoms with van der Waals surface area (Å²) in [7, 11) is 0. The van der Waals surface area contributed by atoms with E-state index in [4.69, 9.17) is 20.0 Å². The second kappa shape index (κ2) is 14.4. The molecule has 6 aromatic carbocycles. The van der Waals surface area contributed by atoms with Gasteiger partial charge in [0.2, 0.25) is 0 Å². The van der Waals surface area contributed by atoms with Crippen LogP contribution in [0.5, 0.6) is 0 Å². The molecule has 0 spiro atoms. The molecule has 0 saturated heterocycles. The Kier molecular flexibility index (Phi) is 8.67. The maximum absolute atomic E-state index is 4.86. The summed E-state index contributed by atoms with van der Waals surface area (Å²) >= 11 is 3.37. The lowest BCUT2D eigenvalue weighted by molar-refractivity contribution is 0.651. The molecule has 2 aliphatic rings. The van der Waals surface area contributed by atoms with Crippen LogP contribution in [0.2, 0.25) is 0 Å². The van der Waals surface area contributed by atoms with E-state index in [2.05, 4.69) is 119 Å². The van der Waals surface area contributed by atoms with E-state index in [0.717, 1.165) is 83.8 Å². The third-order valence-corrected chi connectivity index (χ3v) is 11.9. The molecule has 264 valence electrons. The van der Waals surface area contributed by atoms with Crippen LogP contribution in [0.15, 0.2) is 143 Å². The summed E-state index contributed by atoms with van der Waals surface area (Å²) in [6.07, 6.45) is 12.3. The van der Waals surface area contributed by atoms with E-state index in [1.54, 1.807) is 22.7 Å². The minimum atomic E-state index is 0.859. The lowest BCUT2D eigenvalue weighted by atomic mass is 9.99. The van der Waals surface area contributed by atoms with Crippen molar-refractivity contribution in [3.63, 3.8) is 0 Å². The minimum Gasteiger partial charge on any atom is -0.349 e. The van der Waals surface area contributed by atoms with Gasteiger partial charge in [-0.3, -0.25) is 9.98 Å². The molecular weight excluding hydrogens is 713 g/mol. The maximum Gasteiger partial charge on any atom is 0.117 e. The number of hydrogen-bond acceptors (Lipinski definition) is 8. The van der Waals surface area contributed by atoms with Crippen LogP contribution in [-0.2, 0) is 13.1 Å². The summed E-state index contributed by atoms with van der Waals surface area (Å²) in [5, 5.41) is 1.98. The first-order chi connectivity index (χ1) is 27.1. The quantitative estimate of drug-likeness (QED) is 0.145. The standard InChI is InChI=1S/C47H34N6S2/c1-3-7-32(8-4-1)13-21-46-50-40-17-15-38(25-44(40)54-46)48-27-34-11-19-42-36(23-34)29-52-31-53(42)30-37-24-35(12-20-43(37)52)28-49-39-16-18-41-45(26-39)55-47(51-41)22-14-33-9-5-2-6-10-33/h1-28H,29-31H2/b21-13+,22-14+,48-27?,49-28?. The summed E-state index contributed by atoms with van der Waals surface area (Å²) in [5.41, 5.74) is 13.6. The van der Waals surface area contributed by atoms with Crippen LogP contribution in [0.25, 0.3) is 44.7 Å². The van der Waals surface area contributed by atoms with Crippen molar-refractivity contribution in [1.82, 2.24) is 9.97 Å². The molecule has 2 bridgehead atoms. The van der Waals surface area contributed by atoms with Crippen LogP contribution in [0.1, 0.15) is 43.4 Å². The molecule has 0 amide bonds. The van der Waals surface area contributed by atoms with Gasteiger partial charge in [-0.15, -0.1) is 22.7 Å². The molecule has 0 unspecified atom stereocenters. The van der Waals surface area contributed by atoms with Crippen molar-refractivity contribution in [3.05, 3.63) is 177 Å². The van der Waals surface area contributed by atoms with Crippen molar-refractivity contribution < 1.29 is 0 Å². The van der Waals surface area contributed by atoms with E-state index in [1.165, 1.54) is 22.5 Å². The number of hydrogen-bond donors (Lipinski definition) is 0. The van der Waals surface area contributed by atoms with Crippen molar-refractivity contribution in [2.24, 2.45) is 9.98 Å². The van der Waals surface area contributed by atoms with E-state index in [1.807, 2.05) is 61.0 Å². The van der Waals surface area contributed by atoms with E-state index in [0.29, 0.717) is 0 Å². The second-order valence-electron chi connectivity index (χ2n) is 13.7. The highest BCUT2D eigenvalue weighted by molar-refractivity contribution is 7.19. The van der Waals surface area contributed by atoms with Gasteiger partial charge in [-0.25, -0.2) is 9.97 Å². The fourth-order valence-electron chi connectivity index (χ4n) is 7.21. The number of thiazole rings is 2. The molecule has 4 heterocycles. The third-order valence-electron chi connectivity index (χ3n) is 9.89. The second-order valence-corrected chi connectivity index (χ2v) is 15.9. The third kappa shape index (κ3) is 7.13. The minimum absolute atomic E-state index is 0.859. The molecule has 55 heavy (non-hydrogen) atoms. The molecule has 2 aliphatic heterocycles. The fraction of sp³-hybridized carbons (Fsp3) is 0.0638. The number of aliphatic imine (C=N–C) groups is 2. The monoisotopic (exact) mass is 746 g/mol. The molecule has 0 N–H and O–H groups in total. The van der Waals surface area contributed by atoms with Gasteiger partial charge in [-0.2, -0.15) is 0 Å². The van der Waals surface area contributed by atoms with Gasteiger partial charge in [0.25, 0.3) is 0 Å². The number of benzene rings is 6. The normalized spacial score (nSPS) is 14.0. The highest BCUT2D eigenvalue weighted by Crippen LogP contribution is 2.39. The molecule has 0 radical (unpaired) electrons. The fourth-order valence-corrected chi connectivity index (χ4v) is 9.02. The number of nitrogens with zero attached hydrogens (tertiary/aromatic N) is 6. The Morgan fingerprint density at radius 2 is 0.945 bits per heavy atom. The maximum atomic E-state index is 4.86. The first kappa shape index (κ1) is 33.1. The van der Waals surface area contributed by atoms with E-state index in [9.17, 15) is 0 Å². The summed E-state index contributed by atoms with van der Waals surface area (Å²) in [4.78, 5) is 24.2. The Labute approximate surface area is 327 Å². The van der Waals surface area contributed by atoms with Crippen molar-refractivity contribution in [3.8, 4) is 0 Å². The average molecular weight is 747 g/mol. The topological polar surface area (TPSA) is 57.0 Å². The van der Waals surface area contributed by atoms with Crippen LogP contribution >= 0.6 is 22.7 Å². The Hall–Kier alpha value is -6.48. The summed E-state index contributed by atoms with van der Waals surface area (Å²) < 4.78 is 2.27. The van der Waals surface area contributed by atoms with Gasteiger partial charge in [0.15, 0.2) is 0 Å². The van der Waals surface area contributed by atoms with Gasteiger partial charge in [-0.1, -0.05) is 84.9 Å². The average Bonchev–Trinajstić information content (AvgIpc) is 3.84. The van der Waals surface area contributed by atoms with Crippen LogP contribution in [0.4, 0.5) is 22.7 Å². The smallest absolute Gasteiger partial charge is 0.117 e. The van der Waals surface area contributed by atoms with Gasteiger partial charge >= 0.3 is 0 Å². The molecule has 0 fully saturated rings. The zero-order valence-corrected chi connectivity index (χ0v) is 31.4. The van der Waals surface area contributed by atoms with Gasteiger partial charge in [0.05, 0.1) is 38.5 Å². The van der Waals surface area contributed by atoms with Crippen molar-refractivity contribution >= 4 is 103 Å². The molecular formula is C47H34N6S2. The summed E-state index contributed by atoms with van der Waals surface area (Å²) in [5.74, 6) is 0. The van der Waals surface area contributed by atoms with Crippen molar-refractivity contribution in [2.45, 2.75) is 13.1 Å². The largest absolute Gasteiger partial charge is 0.349 e. The predicted molar refractivity (Wildman–Crippen MR) is 235 cm³/mol. The lowest BCUT2D eigenvalue weighted by Crippen LogP contribution is -2.46. The number of aromatic nitrogens is 2. The first-order valence-electron chi connectivity index (χ1n) is 18.3. The number of anilines is 2. The SMILES string of the molecule is C(=Nc1ccc2nc(/C=C/c3ccccc3)sc2c1)c1ccc2c(c1)CN1CN2Cc2cc(C=Nc3ccc4nc(/C=C/c5ccccc5)sc4c3)ccc21. The molecule has 6 nitrogen and oxygen atoms in total. The van der Waals surface area contributed by atoms with Gasteiger partial charge in [0, 0.05) is 36.9 Å². The van der Waals surface area contributed by atoms with Crippen LogP contribution < -0.4 is 9.80 Å². The molecule has 8 heteroatoms.